The van der Waals surface area contributed by atoms with Gasteiger partial charge in [0.05, 0.1) is 10.6 Å². The molecule has 0 spiro atoms. The number of hydrogen-bond acceptors (Lipinski definition) is 7. The van der Waals surface area contributed by atoms with Crippen LogP contribution in [0, 0.1) is 5.82 Å². The van der Waals surface area contributed by atoms with E-state index in [0.29, 0.717) is 11.1 Å². The summed E-state index contributed by atoms with van der Waals surface area (Å²) in [5.41, 5.74) is 0.902. The van der Waals surface area contributed by atoms with Crippen LogP contribution in [-0.2, 0) is 10.0 Å². The summed E-state index contributed by atoms with van der Waals surface area (Å²) in [6, 6.07) is 10.9. The van der Waals surface area contributed by atoms with Crippen LogP contribution in [0.2, 0.25) is 0 Å². The van der Waals surface area contributed by atoms with Crippen molar-refractivity contribution in [2.75, 3.05) is 5.75 Å². The molecule has 0 aliphatic rings. The molecule has 1 aromatic heterocycles. The number of thioether (sulfide) groups is 1. The lowest BCUT2D eigenvalue weighted by atomic mass is 10.1. The van der Waals surface area contributed by atoms with E-state index in [4.69, 9.17) is 9.56 Å². The van der Waals surface area contributed by atoms with Crippen LogP contribution in [0.5, 0.6) is 0 Å². The molecule has 0 aliphatic heterocycles. The van der Waals surface area contributed by atoms with E-state index >= 15 is 0 Å². The Bertz CT molecular complexity index is 1030. The Labute approximate surface area is 152 Å². The predicted octanol–water partition coefficient (Wildman–Crippen LogP) is 2.50. The molecule has 0 saturated carbocycles. The molecule has 0 atom stereocenters. The van der Waals surface area contributed by atoms with Gasteiger partial charge in [-0.1, -0.05) is 11.8 Å². The molecular weight excluding hydrogens is 381 g/mol. The molecule has 0 unspecified atom stereocenters. The molecule has 2 aromatic carbocycles. The van der Waals surface area contributed by atoms with Crippen LogP contribution >= 0.6 is 11.8 Å². The Morgan fingerprint density at radius 3 is 2.35 bits per heavy atom. The smallest absolute Gasteiger partial charge is 0.277 e. The van der Waals surface area contributed by atoms with Crippen molar-refractivity contribution < 1.29 is 22.0 Å². The normalized spacial score (nSPS) is 11.5. The Kier molecular flexibility index (Phi) is 5.16. The van der Waals surface area contributed by atoms with Gasteiger partial charge >= 0.3 is 0 Å². The van der Waals surface area contributed by atoms with Gasteiger partial charge in [0.1, 0.15) is 5.82 Å². The fourth-order valence-electron chi connectivity index (χ4n) is 2.02. The van der Waals surface area contributed by atoms with Crippen LogP contribution in [0.15, 0.2) is 63.1 Å². The van der Waals surface area contributed by atoms with Gasteiger partial charge in [0.2, 0.25) is 15.9 Å². The minimum atomic E-state index is -3.78. The fraction of sp³-hybridized carbons (Fsp3) is 0.0625. The molecule has 10 heteroatoms. The van der Waals surface area contributed by atoms with Crippen molar-refractivity contribution in [1.29, 1.82) is 0 Å². The van der Waals surface area contributed by atoms with Crippen molar-refractivity contribution in [2.45, 2.75) is 10.1 Å². The van der Waals surface area contributed by atoms with Crippen molar-refractivity contribution in [2.24, 2.45) is 5.14 Å². The lowest BCUT2D eigenvalue weighted by Gasteiger charge is -1.99. The minimum Gasteiger partial charge on any atom is -0.411 e. The van der Waals surface area contributed by atoms with Crippen LogP contribution in [-0.4, -0.2) is 30.2 Å². The van der Waals surface area contributed by atoms with Crippen molar-refractivity contribution in [3.8, 4) is 11.5 Å². The average molecular weight is 393 g/mol. The number of sulfonamides is 1. The topological polar surface area (TPSA) is 116 Å². The van der Waals surface area contributed by atoms with Gasteiger partial charge < -0.3 is 4.42 Å². The van der Waals surface area contributed by atoms with E-state index in [-0.39, 0.29) is 27.5 Å². The number of nitrogens with zero attached hydrogens (tertiary/aromatic N) is 2. The summed E-state index contributed by atoms with van der Waals surface area (Å²) in [4.78, 5) is 12.0. The lowest BCUT2D eigenvalue weighted by Crippen LogP contribution is -2.11. The first kappa shape index (κ1) is 18.2. The summed E-state index contributed by atoms with van der Waals surface area (Å²) in [7, 11) is -3.78. The first-order valence-corrected chi connectivity index (χ1v) is 9.74. The number of nitrogens with two attached hydrogens (primary N) is 1. The molecule has 3 rings (SSSR count). The first-order chi connectivity index (χ1) is 12.3. The van der Waals surface area contributed by atoms with Crippen molar-refractivity contribution in [1.82, 2.24) is 10.2 Å². The van der Waals surface area contributed by atoms with Crippen LogP contribution in [0.1, 0.15) is 10.4 Å². The monoisotopic (exact) mass is 393 g/mol. The summed E-state index contributed by atoms with van der Waals surface area (Å²) < 4.78 is 40.8. The number of carbonyl (C=O) groups excluding carboxylic acids is 1. The van der Waals surface area contributed by atoms with Gasteiger partial charge in [-0.25, -0.2) is 17.9 Å². The number of carbonyl (C=O) groups is 1. The molecule has 0 fully saturated rings. The number of Topliss-reactive ketones (excluding diaryl/α,β-unsaturated/α-hetero) is 1. The summed E-state index contributed by atoms with van der Waals surface area (Å²) >= 11 is 1.05. The second-order valence-electron chi connectivity index (χ2n) is 5.16. The highest BCUT2D eigenvalue weighted by molar-refractivity contribution is 7.99. The van der Waals surface area contributed by atoms with E-state index in [9.17, 15) is 17.6 Å². The van der Waals surface area contributed by atoms with Gasteiger partial charge in [-0.05, 0) is 48.5 Å². The second kappa shape index (κ2) is 7.36. The van der Waals surface area contributed by atoms with Gasteiger partial charge in [0.15, 0.2) is 5.78 Å². The molecule has 0 aliphatic carbocycles. The van der Waals surface area contributed by atoms with Gasteiger partial charge in [-0.15, -0.1) is 10.2 Å². The fourth-order valence-corrected chi connectivity index (χ4v) is 3.19. The van der Waals surface area contributed by atoms with E-state index < -0.39 is 15.8 Å². The van der Waals surface area contributed by atoms with Crippen LogP contribution < -0.4 is 5.14 Å². The zero-order chi connectivity index (χ0) is 18.7. The van der Waals surface area contributed by atoms with E-state index in [2.05, 4.69) is 10.2 Å². The van der Waals surface area contributed by atoms with E-state index in [1.807, 2.05) is 0 Å². The van der Waals surface area contributed by atoms with Crippen LogP contribution in [0.3, 0.4) is 0 Å². The molecule has 26 heavy (non-hydrogen) atoms. The average Bonchev–Trinajstić information content (AvgIpc) is 3.09. The van der Waals surface area contributed by atoms with E-state index in [1.54, 1.807) is 0 Å². The highest BCUT2D eigenvalue weighted by Gasteiger charge is 2.14. The third-order valence-corrected chi connectivity index (χ3v) is 5.08. The maximum atomic E-state index is 12.9. The number of halogens is 1. The molecule has 3 aromatic rings. The van der Waals surface area contributed by atoms with Gasteiger partial charge in [0, 0.05) is 11.1 Å². The number of primary sulfonamides is 1. The number of ketones is 1. The van der Waals surface area contributed by atoms with E-state index in [0.717, 1.165) is 11.8 Å². The van der Waals surface area contributed by atoms with Gasteiger partial charge in [-0.3, -0.25) is 4.79 Å². The Morgan fingerprint density at radius 1 is 1.08 bits per heavy atom. The number of aromatic nitrogens is 2. The lowest BCUT2D eigenvalue weighted by molar-refractivity contribution is 0.102. The van der Waals surface area contributed by atoms with Crippen molar-refractivity contribution >= 4 is 27.6 Å². The number of hydrogen-bond donors (Lipinski definition) is 1. The number of benzene rings is 2. The molecule has 2 N–H and O–H groups in total. The highest BCUT2D eigenvalue weighted by Crippen LogP contribution is 2.24. The molecule has 1 heterocycles. The summed E-state index contributed by atoms with van der Waals surface area (Å²) in [6.07, 6.45) is 0. The minimum absolute atomic E-state index is 0.0275. The van der Waals surface area contributed by atoms with Crippen molar-refractivity contribution in [3.63, 3.8) is 0 Å². The standard InChI is InChI=1S/C16H12FN3O4S2/c17-12-5-1-10(2-6-12)14(21)9-25-16-20-19-15(24-16)11-3-7-13(8-4-11)26(18,22)23/h1-8H,9H2,(H2,18,22,23). The third-order valence-electron chi connectivity index (χ3n) is 3.33. The summed E-state index contributed by atoms with van der Waals surface area (Å²) in [5, 5.41) is 12.9. The maximum absolute atomic E-state index is 12.9. The quantitative estimate of drug-likeness (QED) is 0.505. The third kappa shape index (κ3) is 4.34. The Balaban J connectivity index is 1.66. The molecule has 134 valence electrons. The zero-order valence-electron chi connectivity index (χ0n) is 13.1. The van der Waals surface area contributed by atoms with Gasteiger partial charge in [0.25, 0.3) is 5.22 Å². The second-order valence-corrected chi connectivity index (χ2v) is 7.65. The molecule has 0 saturated heterocycles. The highest BCUT2D eigenvalue weighted by atomic mass is 32.2. The van der Waals surface area contributed by atoms with Crippen molar-refractivity contribution in [3.05, 3.63) is 59.9 Å². The zero-order valence-corrected chi connectivity index (χ0v) is 14.8. The summed E-state index contributed by atoms with van der Waals surface area (Å²) in [5.74, 6) is -0.378. The van der Waals surface area contributed by atoms with Crippen LogP contribution in [0.25, 0.3) is 11.5 Å². The predicted molar refractivity (Wildman–Crippen MR) is 92.6 cm³/mol. The van der Waals surface area contributed by atoms with Gasteiger partial charge in [-0.2, -0.15) is 0 Å². The molecule has 0 bridgehead atoms. The molecule has 0 radical (unpaired) electrons. The first-order valence-electron chi connectivity index (χ1n) is 7.21. The summed E-state index contributed by atoms with van der Waals surface area (Å²) in [6.45, 7) is 0. The largest absolute Gasteiger partial charge is 0.411 e. The van der Waals surface area contributed by atoms with Crippen LogP contribution in [0.4, 0.5) is 4.39 Å². The maximum Gasteiger partial charge on any atom is 0.277 e. The molecule has 7 nitrogen and oxygen atoms in total. The Morgan fingerprint density at radius 2 is 1.73 bits per heavy atom. The SMILES string of the molecule is NS(=O)(=O)c1ccc(-c2nnc(SCC(=O)c3ccc(F)cc3)o2)cc1. The van der Waals surface area contributed by atoms with E-state index in [1.165, 1.54) is 48.5 Å². The molecular formula is C16H12FN3O4S2. The molecule has 0 amide bonds. The Hall–Kier alpha value is -2.56. The number of rotatable bonds is 6.